The van der Waals surface area contributed by atoms with Crippen molar-refractivity contribution >= 4 is 11.8 Å². The van der Waals surface area contributed by atoms with Crippen LogP contribution >= 0.6 is 0 Å². The van der Waals surface area contributed by atoms with Gasteiger partial charge in [0.2, 0.25) is 11.8 Å². The Balaban J connectivity index is 0.000000293. The molecule has 0 heterocycles. The summed E-state index contributed by atoms with van der Waals surface area (Å²) in [4.78, 5) is 25.7. The lowest BCUT2D eigenvalue weighted by atomic mass is 10.1. The fourth-order valence-electron chi connectivity index (χ4n) is 3.71. The zero-order valence-corrected chi connectivity index (χ0v) is 23.7. The fourth-order valence-corrected chi connectivity index (χ4v) is 3.71. The summed E-state index contributed by atoms with van der Waals surface area (Å²) in [5, 5.41) is 0. The largest absolute Gasteiger partial charge is 0.368 e. The molecule has 0 aliphatic rings. The van der Waals surface area contributed by atoms with Gasteiger partial charge in [-0.15, -0.1) is 0 Å². The maximum Gasteiger partial charge on any atom is 0.235 e. The number of hydrogen-bond acceptors (Lipinski definition) is 6. The van der Waals surface area contributed by atoms with Crippen LogP contribution in [0.3, 0.4) is 0 Å². The van der Waals surface area contributed by atoms with E-state index in [9.17, 15) is 9.59 Å². The average molecular weight is 535 g/mol. The lowest BCUT2D eigenvalue weighted by molar-refractivity contribution is -0.122. The summed E-state index contributed by atoms with van der Waals surface area (Å²) in [6.45, 7) is 0.710. The zero-order valence-electron chi connectivity index (χ0n) is 23.7. The van der Waals surface area contributed by atoms with Crippen LogP contribution in [0, 0.1) is 0 Å². The molecule has 3 aromatic carbocycles. The highest BCUT2D eigenvalue weighted by Crippen LogP contribution is 2.07. The van der Waals surface area contributed by atoms with Gasteiger partial charge < -0.3 is 27.8 Å². The Morgan fingerprint density at radius 1 is 0.615 bits per heavy atom. The molecular formula is C31H46N6O2. The summed E-state index contributed by atoms with van der Waals surface area (Å²) in [6, 6.07) is 29.6. The highest BCUT2D eigenvalue weighted by molar-refractivity contribution is 5.80. The van der Waals surface area contributed by atoms with Crippen molar-refractivity contribution < 1.29 is 9.59 Å². The first kappa shape index (κ1) is 33.5. The van der Waals surface area contributed by atoms with Gasteiger partial charge in [0.05, 0.1) is 12.1 Å². The van der Waals surface area contributed by atoms with Crippen LogP contribution in [0.5, 0.6) is 0 Å². The number of rotatable bonds is 11. The Hall–Kier alpha value is -3.56. The minimum absolute atomic E-state index is 0.225. The third kappa shape index (κ3) is 14.2. The molecule has 0 saturated heterocycles. The van der Waals surface area contributed by atoms with E-state index in [-0.39, 0.29) is 11.9 Å². The normalized spacial score (nSPS) is 12.8. The Bertz CT molecular complexity index is 1060. The van der Waals surface area contributed by atoms with Crippen LogP contribution in [-0.4, -0.2) is 74.5 Å². The number of benzene rings is 3. The van der Waals surface area contributed by atoms with Gasteiger partial charge in [0.25, 0.3) is 0 Å². The molecule has 3 aromatic rings. The molecule has 2 amide bonds. The molecule has 0 radical (unpaired) electrons. The van der Waals surface area contributed by atoms with Gasteiger partial charge in [-0.25, -0.2) is 0 Å². The predicted molar refractivity (Wildman–Crippen MR) is 161 cm³/mol. The second-order valence-electron chi connectivity index (χ2n) is 9.81. The minimum Gasteiger partial charge on any atom is -0.368 e. The van der Waals surface area contributed by atoms with Crippen molar-refractivity contribution in [3.05, 3.63) is 108 Å². The fraction of sp³-hybridized carbons (Fsp3) is 0.355. The summed E-state index contributed by atoms with van der Waals surface area (Å²) in [6.07, 6.45) is 2.21. The van der Waals surface area contributed by atoms with E-state index >= 15 is 0 Å². The average Bonchev–Trinajstić information content (AvgIpc) is 2.92. The van der Waals surface area contributed by atoms with E-state index < -0.39 is 11.9 Å². The van der Waals surface area contributed by atoms with E-state index in [1.807, 2.05) is 85.7 Å². The van der Waals surface area contributed by atoms with Gasteiger partial charge in [-0.2, -0.15) is 0 Å². The molecule has 0 aromatic heterocycles. The summed E-state index contributed by atoms with van der Waals surface area (Å²) < 4.78 is 0. The molecule has 212 valence electrons. The van der Waals surface area contributed by atoms with Gasteiger partial charge in [0, 0.05) is 12.6 Å². The van der Waals surface area contributed by atoms with Gasteiger partial charge in [0.15, 0.2) is 0 Å². The summed E-state index contributed by atoms with van der Waals surface area (Å²) in [5.41, 5.74) is 25.0. The highest BCUT2D eigenvalue weighted by atomic mass is 16.1. The van der Waals surface area contributed by atoms with E-state index in [0.717, 1.165) is 17.5 Å². The highest BCUT2D eigenvalue weighted by Gasteiger charge is 2.17. The first-order chi connectivity index (χ1) is 18.5. The SMILES string of the molecule is CN(C)[C@@H](Cc1ccccc1)C(N)=O.CN(C)[C@H](CN)Cc1ccccc1.NC(=O)[C@@H](N)Cc1ccccc1. The minimum atomic E-state index is -0.576. The van der Waals surface area contributed by atoms with Crippen molar-refractivity contribution in [2.45, 2.75) is 37.4 Å². The second kappa shape index (κ2) is 18.7. The summed E-state index contributed by atoms with van der Waals surface area (Å²) >= 11 is 0. The van der Waals surface area contributed by atoms with Crippen LogP contribution in [0.25, 0.3) is 0 Å². The van der Waals surface area contributed by atoms with Gasteiger partial charge in [-0.1, -0.05) is 91.0 Å². The quantitative estimate of drug-likeness (QED) is 0.295. The molecule has 8 nitrogen and oxygen atoms in total. The Morgan fingerprint density at radius 3 is 1.31 bits per heavy atom. The first-order valence-corrected chi connectivity index (χ1v) is 13.0. The molecule has 0 aliphatic carbocycles. The van der Waals surface area contributed by atoms with Gasteiger partial charge >= 0.3 is 0 Å². The molecule has 8 heteroatoms. The summed E-state index contributed by atoms with van der Waals surface area (Å²) in [7, 11) is 7.86. The molecule has 0 aliphatic heterocycles. The first-order valence-electron chi connectivity index (χ1n) is 13.0. The van der Waals surface area contributed by atoms with Gasteiger partial charge in [-0.05, 0) is 64.1 Å². The molecular weight excluding hydrogens is 488 g/mol. The van der Waals surface area contributed by atoms with Crippen molar-refractivity contribution in [3.63, 3.8) is 0 Å². The van der Waals surface area contributed by atoms with Crippen molar-refractivity contribution in [1.82, 2.24) is 9.80 Å². The number of amides is 2. The number of likely N-dealkylation sites (N-methyl/N-ethyl adjacent to an activating group) is 2. The van der Waals surface area contributed by atoms with Crippen molar-refractivity contribution in [2.75, 3.05) is 34.7 Å². The van der Waals surface area contributed by atoms with E-state index in [1.165, 1.54) is 5.56 Å². The monoisotopic (exact) mass is 534 g/mol. The van der Waals surface area contributed by atoms with Crippen LogP contribution in [0.1, 0.15) is 16.7 Å². The van der Waals surface area contributed by atoms with Crippen LogP contribution in [-0.2, 0) is 28.9 Å². The Labute approximate surface area is 234 Å². The number of carbonyl (C=O) groups is 2. The molecule has 0 fully saturated rings. The van der Waals surface area contributed by atoms with E-state index in [1.54, 1.807) is 0 Å². The maximum absolute atomic E-state index is 11.1. The number of primary amides is 2. The number of carbonyl (C=O) groups excluding carboxylic acids is 2. The maximum atomic E-state index is 11.1. The lowest BCUT2D eigenvalue weighted by Crippen LogP contribution is -2.41. The number of nitrogens with two attached hydrogens (primary N) is 4. The van der Waals surface area contributed by atoms with E-state index in [4.69, 9.17) is 22.9 Å². The van der Waals surface area contributed by atoms with Crippen molar-refractivity contribution in [3.8, 4) is 0 Å². The molecule has 0 spiro atoms. The molecule has 0 saturated carbocycles. The summed E-state index contributed by atoms with van der Waals surface area (Å²) in [5.74, 6) is -0.738. The van der Waals surface area contributed by atoms with Crippen molar-refractivity contribution in [2.24, 2.45) is 22.9 Å². The van der Waals surface area contributed by atoms with E-state index in [0.29, 0.717) is 25.4 Å². The van der Waals surface area contributed by atoms with Crippen molar-refractivity contribution in [1.29, 1.82) is 0 Å². The third-order valence-electron chi connectivity index (χ3n) is 6.20. The second-order valence-corrected chi connectivity index (χ2v) is 9.81. The molecule has 3 rings (SSSR count). The molecule has 0 bridgehead atoms. The topological polar surface area (TPSA) is 145 Å². The predicted octanol–water partition coefficient (Wildman–Crippen LogP) is 1.80. The molecule has 3 atom stereocenters. The van der Waals surface area contributed by atoms with Crippen LogP contribution in [0.2, 0.25) is 0 Å². The Morgan fingerprint density at radius 2 is 1.00 bits per heavy atom. The molecule has 8 N–H and O–H groups in total. The van der Waals surface area contributed by atoms with E-state index in [2.05, 4.69) is 43.3 Å². The number of nitrogens with zero attached hydrogens (tertiary/aromatic N) is 2. The molecule has 0 unspecified atom stereocenters. The standard InChI is InChI=1S/C11H16N2O.C11H18N2.C9H12N2O/c1-13(2)10(11(12)14)8-9-6-4-3-5-7-9;1-13(2)11(9-12)8-10-6-4-3-5-7-10;10-8(9(11)12)6-7-4-2-1-3-5-7/h3-7,10H,8H2,1-2H3,(H2,12,14);3-7,11H,8-9,12H2,1-2H3;1-5,8H,6,10H2,(H2,11,12)/t10-;11-;8-/m000/s1. The number of hydrogen-bond donors (Lipinski definition) is 4. The van der Waals surface area contributed by atoms with Crippen LogP contribution < -0.4 is 22.9 Å². The molecule has 39 heavy (non-hydrogen) atoms. The third-order valence-corrected chi connectivity index (χ3v) is 6.20. The lowest BCUT2D eigenvalue weighted by Gasteiger charge is -2.22. The van der Waals surface area contributed by atoms with Gasteiger partial charge in [-0.3, -0.25) is 14.5 Å². The van der Waals surface area contributed by atoms with Gasteiger partial charge in [0.1, 0.15) is 0 Å². The zero-order chi connectivity index (χ0) is 29.2. The Kier molecular flexibility index (Phi) is 16.0. The van der Waals surface area contributed by atoms with Crippen LogP contribution in [0.15, 0.2) is 91.0 Å². The van der Waals surface area contributed by atoms with Crippen LogP contribution in [0.4, 0.5) is 0 Å². The smallest absolute Gasteiger partial charge is 0.235 e.